The van der Waals surface area contributed by atoms with E-state index in [0.717, 1.165) is 17.2 Å². The van der Waals surface area contributed by atoms with Gasteiger partial charge in [0.25, 0.3) is 0 Å². The number of carbonyl (C=O) groups is 1. The SMILES string of the molecule is Cc1ccc([C@H]2CN(C(=O)Nc3cc(C)n(C)n3)CCO2)o1. The first-order chi connectivity index (χ1) is 10.5. The van der Waals surface area contributed by atoms with E-state index in [4.69, 9.17) is 9.15 Å². The highest BCUT2D eigenvalue weighted by Crippen LogP contribution is 2.24. The number of amides is 2. The molecule has 0 spiro atoms. The summed E-state index contributed by atoms with van der Waals surface area (Å²) < 4.78 is 13.0. The number of anilines is 1. The molecule has 0 unspecified atom stereocenters. The van der Waals surface area contributed by atoms with Crippen molar-refractivity contribution in [1.82, 2.24) is 14.7 Å². The molecule has 0 aromatic carbocycles. The number of hydrogen-bond acceptors (Lipinski definition) is 4. The van der Waals surface area contributed by atoms with Crippen molar-refractivity contribution in [2.75, 3.05) is 25.0 Å². The van der Waals surface area contributed by atoms with Crippen molar-refractivity contribution in [2.45, 2.75) is 20.0 Å². The van der Waals surface area contributed by atoms with Gasteiger partial charge in [0.1, 0.15) is 17.6 Å². The first-order valence-electron chi connectivity index (χ1n) is 7.27. The van der Waals surface area contributed by atoms with Crippen molar-refractivity contribution >= 4 is 11.8 Å². The molecular formula is C15H20N4O3. The Balaban J connectivity index is 1.65. The van der Waals surface area contributed by atoms with Gasteiger partial charge in [-0.2, -0.15) is 5.10 Å². The fraction of sp³-hybridized carbons (Fsp3) is 0.467. The minimum absolute atomic E-state index is 0.172. The Morgan fingerprint density at radius 1 is 1.41 bits per heavy atom. The summed E-state index contributed by atoms with van der Waals surface area (Å²) in [7, 11) is 1.84. The zero-order chi connectivity index (χ0) is 15.7. The Bertz CT molecular complexity index is 657. The molecule has 0 radical (unpaired) electrons. The molecule has 3 heterocycles. The number of furan rings is 1. The van der Waals surface area contributed by atoms with Crippen molar-refractivity contribution in [3.8, 4) is 0 Å². The summed E-state index contributed by atoms with van der Waals surface area (Å²) in [4.78, 5) is 14.1. The number of hydrogen-bond donors (Lipinski definition) is 1. The highest BCUT2D eigenvalue weighted by atomic mass is 16.5. The molecule has 2 aromatic rings. The molecule has 7 heteroatoms. The van der Waals surface area contributed by atoms with Crippen LogP contribution >= 0.6 is 0 Å². The summed E-state index contributed by atoms with van der Waals surface area (Å²) in [5.41, 5.74) is 0.987. The highest BCUT2D eigenvalue weighted by molar-refractivity contribution is 5.88. The Kier molecular flexibility index (Phi) is 3.89. The molecule has 2 aromatic heterocycles. The number of urea groups is 1. The third kappa shape index (κ3) is 2.99. The van der Waals surface area contributed by atoms with Crippen molar-refractivity contribution in [1.29, 1.82) is 0 Å². The van der Waals surface area contributed by atoms with E-state index in [2.05, 4.69) is 10.4 Å². The van der Waals surface area contributed by atoms with Gasteiger partial charge >= 0.3 is 6.03 Å². The van der Waals surface area contributed by atoms with E-state index >= 15 is 0 Å². The summed E-state index contributed by atoms with van der Waals surface area (Å²) in [5, 5.41) is 7.05. The number of aryl methyl sites for hydroxylation is 3. The first-order valence-corrected chi connectivity index (χ1v) is 7.27. The number of aromatic nitrogens is 2. The van der Waals surface area contributed by atoms with Gasteiger partial charge in [-0.25, -0.2) is 4.79 Å². The molecule has 1 N–H and O–H groups in total. The molecule has 22 heavy (non-hydrogen) atoms. The molecule has 1 fully saturated rings. The molecule has 1 saturated heterocycles. The van der Waals surface area contributed by atoms with Gasteiger partial charge in [-0.05, 0) is 26.0 Å². The van der Waals surface area contributed by atoms with Gasteiger partial charge in [-0.1, -0.05) is 0 Å². The van der Waals surface area contributed by atoms with Gasteiger partial charge in [0.2, 0.25) is 0 Å². The smallest absolute Gasteiger partial charge is 0.323 e. The fourth-order valence-electron chi connectivity index (χ4n) is 2.44. The van der Waals surface area contributed by atoms with E-state index in [-0.39, 0.29) is 12.1 Å². The van der Waals surface area contributed by atoms with E-state index in [1.807, 2.05) is 39.1 Å². The Labute approximate surface area is 128 Å². The number of nitrogens with zero attached hydrogens (tertiary/aromatic N) is 3. The van der Waals surface area contributed by atoms with Crippen LogP contribution in [-0.2, 0) is 11.8 Å². The normalized spacial score (nSPS) is 18.5. The molecule has 7 nitrogen and oxygen atoms in total. The fourth-order valence-corrected chi connectivity index (χ4v) is 2.44. The lowest BCUT2D eigenvalue weighted by atomic mass is 10.2. The van der Waals surface area contributed by atoms with E-state index < -0.39 is 0 Å². The maximum absolute atomic E-state index is 12.3. The van der Waals surface area contributed by atoms with Gasteiger partial charge < -0.3 is 14.1 Å². The van der Waals surface area contributed by atoms with Crippen LogP contribution in [0, 0.1) is 13.8 Å². The number of carbonyl (C=O) groups excluding carboxylic acids is 1. The van der Waals surface area contributed by atoms with Crippen LogP contribution in [0.1, 0.15) is 23.3 Å². The van der Waals surface area contributed by atoms with Crippen molar-refractivity contribution < 1.29 is 13.9 Å². The third-order valence-electron chi connectivity index (χ3n) is 3.78. The van der Waals surface area contributed by atoms with Crippen LogP contribution in [0.3, 0.4) is 0 Å². The minimum Gasteiger partial charge on any atom is -0.464 e. The van der Waals surface area contributed by atoms with Crippen molar-refractivity contribution in [3.05, 3.63) is 35.4 Å². The van der Waals surface area contributed by atoms with Crippen LogP contribution in [0.5, 0.6) is 0 Å². The molecular weight excluding hydrogens is 284 g/mol. The summed E-state index contributed by atoms with van der Waals surface area (Å²) in [6.07, 6.45) is -0.223. The topological polar surface area (TPSA) is 72.5 Å². The quantitative estimate of drug-likeness (QED) is 0.923. The Morgan fingerprint density at radius 3 is 2.86 bits per heavy atom. The average molecular weight is 304 g/mol. The minimum atomic E-state index is -0.223. The summed E-state index contributed by atoms with van der Waals surface area (Å²) in [6.45, 7) is 5.32. The molecule has 0 bridgehead atoms. The predicted molar refractivity (Wildman–Crippen MR) is 80.7 cm³/mol. The lowest BCUT2D eigenvalue weighted by Gasteiger charge is -2.31. The Morgan fingerprint density at radius 2 is 2.23 bits per heavy atom. The predicted octanol–water partition coefficient (Wildman–Crippen LogP) is 2.24. The number of morpholine rings is 1. The lowest BCUT2D eigenvalue weighted by molar-refractivity contribution is -0.0246. The zero-order valence-electron chi connectivity index (χ0n) is 13.0. The first kappa shape index (κ1) is 14.6. The second-order valence-electron chi connectivity index (χ2n) is 5.48. The second-order valence-corrected chi connectivity index (χ2v) is 5.48. The van der Waals surface area contributed by atoms with Gasteiger partial charge in [0, 0.05) is 25.4 Å². The van der Waals surface area contributed by atoms with Crippen LogP contribution in [0.25, 0.3) is 0 Å². The molecule has 0 aliphatic carbocycles. The Hall–Kier alpha value is -2.28. The second kappa shape index (κ2) is 5.84. The zero-order valence-corrected chi connectivity index (χ0v) is 13.0. The molecule has 2 amide bonds. The van der Waals surface area contributed by atoms with Gasteiger partial charge in [0.15, 0.2) is 5.82 Å². The van der Waals surface area contributed by atoms with Crippen molar-refractivity contribution in [3.63, 3.8) is 0 Å². The molecule has 1 aliphatic heterocycles. The van der Waals surface area contributed by atoms with Crippen LogP contribution in [0.4, 0.5) is 10.6 Å². The highest BCUT2D eigenvalue weighted by Gasteiger charge is 2.27. The van der Waals surface area contributed by atoms with Gasteiger partial charge in [-0.3, -0.25) is 10.00 Å². The number of rotatable bonds is 2. The van der Waals surface area contributed by atoms with Gasteiger partial charge in [0.05, 0.1) is 13.2 Å². The van der Waals surface area contributed by atoms with E-state index in [1.165, 1.54) is 0 Å². The summed E-state index contributed by atoms with van der Waals surface area (Å²) >= 11 is 0. The molecule has 0 saturated carbocycles. The van der Waals surface area contributed by atoms with E-state index in [9.17, 15) is 4.79 Å². The number of nitrogens with one attached hydrogen (secondary N) is 1. The van der Waals surface area contributed by atoms with Crippen LogP contribution < -0.4 is 5.32 Å². The molecule has 118 valence electrons. The van der Waals surface area contributed by atoms with Crippen LogP contribution in [0.2, 0.25) is 0 Å². The number of ether oxygens (including phenoxy) is 1. The standard InChI is InChI=1S/C15H20N4O3/c1-10-8-14(17-18(10)3)16-15(20)19-6-7-21-13(9-19)12-5-4-11(2)22-12/h4-5,8,13H,6-7,9H2,1-3H3,(H,16,17,20)/t13-/m1/s1. The lowest BCUT2D eigenvalue weighted by Crippen LogP contribution is -2.44. The monoisotopic (exact) mass is 304 g/mol. The molecule has 3 rings (SSSR count). The van der Waals surface area contributed by atoms with E-state index in [0.29, 0.717) is 25.5 Å². The largest absolute Gasteiger partial charge is 0.464 e. The average Bonchev–Trinajstić information content (AvgIpc) is 3.06. The van der Waals surface area contributed by atoms with E-state index in [1.54, 1.807) is 9.58 Å². The van der Waals surface area contributed by atoms with Crippen molar-refractivity contribution in [2.24, 2.45) is 7.05 Å². The van der Waals surface area contributed by atoms with Crippen LogP contribution in [-0.4, -0.2) is 40.4 Å². The van der Waals surface area contributed by atoms with Gasteiger partial charge in [-0.15, -0.1) is 0 Å². The molecule has 1 aliphatic rings. The maximum Gasteiger partial charge on any atom is 0.323 e. The van der Waals surface area contributed by atoms with Crippen LogP contribution in [0.15, 0.2) is 22.6 Å². The third-order valence-corrected chi connectivity index (χ3v) is 3.78. The molecule has 1 atom stereocenters. The summed E-state index contributed by atoms with van der Waals surface area (Å²) in [6, 6.07) is 5.46. The maximum atomic E-state index is 12.3. The summed E-state index contributed by atoms with van der Waals surface area (Å²) in [5.74, 6) is 2.15.